The van der Waals surface area contributed by atoms with Gasteiger partial charge in [0.1, 0.15) is 11.3 Å². The lowest BCUT2D eigenvalue weighted by Gasteiger charge is -2.42. The Bertz CT molecular complexity index is 639. The van der Waals surface area contributed by atoms with Crippen molar-refractivity contribution in [3.8, 4) is 0 Å². The van der Waals surface area contributed by atoms with Crippen LogP contribution in [0.25, 0.3) is 0 Å². The van der Waals surface area contributed by atoms with Gasteiger partial charge in [-0.1, -0.05) is 5.16 Å². The molecule has 0 unspecified atom stereocenters. The molecule has 0 aromatic carbocycles. The summed E-state index contributed by atoms with van der Waals surface area (Å²) >= 11 is 0. The zero-order valence-electron chi connectivity index (χ0n) is 16.3. The topological polar surface area (TPSA) is 87.9 Å². The number of hydrogen-bond donors (Lipinski definition) is 1. The molecule has 0 radical (unpaired) electrons. The number of aryl methyl sites for hydroxylation is 1. The van der Waals surface area contributed by atoms with Crippen molar-refractivity contribution in [1.29, 1.82) is 0 Å². The molecule has 8 heteroatoms. The Hall–Kier alpha value is -1.93. The van der Waals surface area contributed by atoms with Gasteiger partial charge in [-0.3, -0.25) is 14.5 Å². The van der Waals surface area contributed by atoms with E-state index in [-0.39, 0.29) is 17.7 Å². The number of amides is 2. The molecule has 27 heavy (non-hydrogen) atoms. The number of likely N-dealkylation sites (tertiary alicyclic amines) is 2. The molecule has 2 saturated heterocycles. The SMILES string of the molecule is COCCNC(=O)[C@H]1CCCN(C2CCN(C(=O)c3cnoc3C)CC2)C1. The summed E-state index contributed by atoms with van der Waals surface area (Å²) in [6.07, 6.45) is 5.37. The molecule has 0 spiro atoms. The molecule has 1 N–H and O–H groups in total. The van der Waals surface area contributed by atoms with Gasteiger partial charge in [-0.2, -0.15) is 0 Å². The minimum atomic E-state index is 0.00115. The number of nitrogens with zero attached hydrogens (tertiary/aromatic N) is 3. The molecule has 0 saturated carbocycles. The van der Waals surface area contributed by atoms with Crippen molar-refractivity contribution >= 4 is 11.8 Å². The summed E-state index contributed by atoms with van der Waals surface area (Å²) < 4.78 is 10.0. The summed E-state index contributed by atoms with van der Waals surface area (Å²) in [5.74, 6) is 0.754. The molecule has 8 nitrogen and oxygen atoms in total. The van der Waals surface area contributed by atoms with E-state index in [1.807, 2.05) is 4.90 Å². The fourth-order valence-electron chi connectivity index (χ4n) is 4.08. The number of methoxy groups -OCH3 is 1. The highest BCUT2D eigenvalue weighted by Gasteiger charge is 2.33. The average molecular weight is 378 g/mol. The molecule has 2 aliphatic heterocycles. The zero-order valence-corrected chi connectivity index (χ0v) is 16.3. The first-order chi connectivity index (χ1) is 13.1. The van der Waals surface area contributed by atoms with Gasteiger partial charge in [-0.25, -0.2) is 0 Å². The van der Waals surface area contributed by atoms with Crippen LogP contribution >= 0.6 is 0 Å². The van der Waals surface area contributed by atoms with E-state index >= 15 is 0 Å². The second-order valence-electron chi connectivity index (χ2n) is 7.44. The monoisotopic (exact) mass is 378 g/mol. The van der Waals surface area contributed by atoms with E-state index in [2.05, 4.69) is 15.4 Å². The van der Waals surface area contributed by atoms with Crippen molar-refractivity contribution in [3.05, 3.63) is 17.5 Å². The Morgan fingerprint density at radius 3 is 2.74 bits per heavy atom. The lowest BCUT2D eigenvalue weighted by Crippen LogP contribution is -2.51. The van der Waals surface area contributed by atoms with E-state index in [0.717, 1.165) is 51.9 Å². The van der Waals surface area contributed by atoms with E-state index in [9.17, 15) is 9.59 Å². The van der Waals surface area contributed by atoms with Crippen molar-refractivity contribution < 1.29 is 18.8 Å². The van der Waals surface area contributed by atoms with Crippen molar-refractivity contribution in [2.45, 2.75) is 38.6 Å². The quantitative estimate of drug-likeness (QED) is 0.745. The molecule has 1 aromatic rings. The Morgan fingerprint density at radius 2 is 2.07 bits per heavy atom. The molecule has 0 aliphatic carbocycles. The van der Waals surface area contributed by atoms with Crippen molar-refractivity contribution in [2.75, 3.05) is 46.4 Å². The highest BCUT2D eigenvalue weighted by Crippen LogP contribution is 2.25. The number of carbonyl (C=O) groups is 2. The molecule has 1 atom stereocenters. The van der Waals surface area contributed by atoms with Gasteiger partial charge in [-0.05, 0) is 39.2 Å². The Balaban J connectivity index is 1.48. The van der Waals surface area contributed by atoms with Gasteiger partial charge in [0, 0.05) is 39.3 Å². The van der Waals surface area contributed by atoms with E-state index < -0.39 is 0 Å². The maximum absolute atomic E-state index is 12.6. The van der Waals surface area contributed by atoms with Gasteiger partial charge in [0.2, 0.25) is 5.91 Å². The number of aromatic nitrogens is 1. The minimum Gasteiger partial charge on any atom is -0.383 e. The molecule has 150 valence electrons. The van der Waals surface area contributed by atoms with Crippen LogP contribution in [0.2, 0.25) is 0 Å². The third-order valence-electron chi connectivity index (χ3n) is 5.68. The predicted octanol–water partition coefficient (Wildman–Crippen LogP) is 1.06. The second-order valence-corrected chi connectivity index (χ2v) is 7.44. The number of carbonyl (C=O) groups excluding carboxylic acids is 2. The number of hydrogen-bond acceptors (Lipinski definition) is 6. The van der Waals surface area contributed by atoms with Crippen molar-refractivity contribution in [2.24, 2.45) is 5.92 Å². The fraction of sp³-hybridized carbons (Fsp3) is 0.737. The molecule has 0 bridgehead atoms. The van der Waals surface area contributed by atoms with Gasteiger partial charge < -0.3 is 19.5 Å². The van der Waals surface area contributed by atoms with Crippen LogP contribution in [0.4, 0.5) is 0 Å². The Morgan fingerprint density at radius 1 is 1.30 bits per heavy atom. The zero-order chi connectivity index (χ0) is 19.2. The first-order valence-corrected chi connectivity index (χ1v) is 9.81. The number of nitrogens with one attached hydrogen (secondary N) is 1. The summed E-state index contributed by atoms with van der Waals surface area (Å²) in [5, 5.41) is 6.66. The second kappa shape index (κ2) is 9.32. The summed E-state index contributed by atoms with van der Waals surface area (Å²) in [5.41, 5.74) is 0.555. The predicted molar refractivity (Wildman–Crippen MR) is 99.3 cm³/mol. The number of rotatable bonds is 6. The van der Waals surface area contributed by atoms with E-state index in [4.69, 9.17) is 9.26 Å². The van der Waals surface area contributed by atoms with Crippen molar-refractivity contribution in [3.63, 3.8) is 0 Å². The largest absolute Gasteiger partial charge is 0.383 e. The molecule has 2 aliphatic rings. The molecular formula is C19H30N4O4. The smallest absolute Gasteiger partial charge is 0.259 e. The van der Waals surface area contributed by atoms with Crippen LogP contribution < -0.4 is 5.32 Å². The summed E-state index contributed by atoms with van der Waals surface area (Å²) in [4.78, 5) is 29.3. The van der Waals surface area contributed by atoms with Crippen LogP contribution in [0.3, 0.4) is 0 Å². The van der Waals surface area contributed by atoms with Gasteiger partial charge in [0.15, 0.2) is 0 Å². The molecule has 3 rings (SSSR count). The van der Waals surface area contributed by atoms with Crippen LogP contribution in [0.15, 0.2) is 10.7 Å². The Kier molecular flexibility index (Phi) is 6.84. The number of piperidine rings is 2. The van der Waals surface area contributed by atoms with Gasteiger partial charge in [0.05, 0.1) is 18.7 Å². The molecule has 2 fully saturated rings. The van der Waals surface area contributed by atoms with Gasteiger partial charge in [0.25, 0.3) is 5.91 Å². The lowest BCUT2D eigenvalue weighted by molar-refractivity contribution is -0.127. The maximum Gasteiger partial charge on any atom is 0.259 e. The summed E-state index contributed by atoms with van der Waals surface area (Å²) in [7, 11) is 1.63. The van der Waals surface area contributed by atoms with E-state index in [1.54, 1.807) is 14.0 Å². The molecule has 3 heterocycles. The number of ether oxygens (including phenoxy) is 1. The highest BCUT2D eigenvalue weighted by molar-refractivity contribution is 5.94. The highest BCUT2D eigenvalue weighted by atomic mass is 16.5. The Labute approximate surface area is 160 Å². The van der Waals surface area contributed by atoms with Gasteiger partial charge in [-0.15, -0.1) is 0 Å². The summed E-state index contributed by atoms with van der Waals surface area (Å²) in [6, 6.07) is 0.437. The molecule has 1 aromatic heterocycles. The summed E-state index contributed by atoms with van der Waals surface area (Å²) in [6.45, 7) is 6.17. The first-order valence-electron chi connectivity index (χ1n) is 9.81. The normalized spacial score (nSPS) is 22.0. The van der Waals surface area contributed by atoms with Crippen LogP contribution in [0.1, 0.15) is 41.8 Å². The van der Waals surface area contributed by atoms with Gasteiger partial charge >= 0.3 is 0 Å². The third kappa shape index (κ3) is 4.87. The van der Waals surface area contributed by atoms with Crippen molar-refractivity contribution in [1.82, 2.24) is 20.3 Å². The first kappa shape index (κ1) is 19.8. The third-order valence-corrected chi connectivity index (χ3v) is 5.68. The average Bonchev–Trinajstić information content (AvgIpc) is 3.13. The lowest BCUT2D eigenvalue weighted by atomic mass is 9.93. The molecule has 2 amide bonds. The maximum atomic E-state index is 12.6. The van der Waals surface area contributed by atoms with Crippen LogP contribution in [0, 0.1) is 12.8 Å². The van der Waals surface area contributed by atoms with E-state index in [1.165, 1.54) is 6.20 Å². The van der Waals surface area contributed by atoms with Crippen LogP contribution in [-0.2, 0) is 9.53 Å². The fourth-order valence-corrected chi connectivity index (χ4v) is 4.08. The van der Waals surface area contributed by atoms with Crippen LogP contribution in [-0.4, -0.2) is 79.3 Å². The minimum absolute atomic E-state index is 0.00115. The van der Waals surface area contributed by atoms with E-state index in [0.29, 0.717) is 30.5 Å². The van der Waals surface area contributed by atoms with Crippen LogP contribution in [0.5, 0.6) is 0 Å². The standard InChI is InChI=1S/C19H30N4O4/c1-14-17(12-21-27-14)19(25)22-9-5-16(6-10-22)23-8-3-4-15(13-23)18(24)20-7-11-26-2/h12,15-16H,3-11,13H2,1-2H3,(H,20,24)/t15-/m0/s1. The molecular weight excluding hydrogens is 348 g/mol.